The number of carbonyl (C=O) groups is 2. The number of benzene rings is 4. The molecule has 4 aromatic carbocycles. The third kappa shape index (κ3) is 9.86. The average molecular weight is 706 g/mol. The Labute approximate surface area is 302 Å². The first-order valence-electron chi connectivity index (χ1n) is 17.1. The van der Waals surface area contributed by atoms with Crippen LogP contribution < -0.4 is 16.4 Å². The Morgan fingerprint density at radius 3 is 2.43 bits per heavy atom. The Kier molecular flexibility index (Phi) is 12.2. The normalized spacial score (nSPS) is 17.2. The zero-order chi connectivity index (χ0) is 35.6. The van der Waals surface area contributed by atoms with Gasteiger partial charge in [0.05, 0.1) is 30.2 Å². The van der Waals surface area contributed by atoms with Crippen LogP contribution in [0.3, 0.4) is 0 Å². The first-order valence-corrected chi connectivity index (χ1v) is 18.0. The average Bonchev–Trinajstić information content (AvgIpc) is 3.58. The number of hydrogen-bond donors (Lipinski definition) is 4. The quantitative estimate of drug-likeness (QED) is 0.0721. The summed E-state index contributed by atoms with van der Waals surface area (Å²) >= 11 is 1.66. The summed E-state index contributed by atoms with van der Waals surface area (Å²) in [6, 6.07) is 31.2. The Bertz CT molecular complexity index is 1930. The van der Waals surface area contributed by atoms with E-state index in [4.69, 9.17) is 15.2 Å². The largest absolute Gasteiger partial charge is 0.397 e. The molecule has 2 amide bonds. The molecule has 0 saturated carbocycles. The monoisotopic (exact) mass is 705 g/mol. The van der Waals surface area contributed by atoms with Crippen molar-refractivity contribution < 1.29 is 24.2 Å². The van der Waals surface area contributed by atoms with Crippen molar-refractivity contribution in [1.82, 2.24) is 14.9 Å². The number of anilines is 2. The summed E-state index contributed by atoms with van der Waals surface area (Å²) in [6.45, 7) is 0.368. The summed E-state index contributed by atoms with van der Waals surface area (Å²) in [5, 5.41) is 16.2. The number of nitrogens with zero attached hydrogens (tertiary/aromatic N) is 2. The topological polar surface area (TPSA) is 141 Å². The molecule has 3 atom stereocenters. The van der Waals surface area contributed by atoms with E-state index >= 15 is 0 Å². The van der Waals surface area contributed by atoms with Gasteiger partial charge in [0, 0.05) is 56.6 Å². The third-order valence-electron chi connectivity index (χ3n) is 8.74. The maximum atomic E-state index is 12.6. The minimum atomic E-state index is -0.581. The SMILES string of the molecule is Cn1ccnc1SC[C@H]1C[C@@H](c2ccc(CO)cc2)O[C@@H](c2cccc(-c3cccc(CNC(=O)CCCC(=O)Nc4ccccc4N)c3)c2)O1. The molecular formula is C40H43N5O5S. The van der Waals surface area contributed by atoms with Gasteiger partial charge in [-0.25, -0.2) is 4.98 Å². The zero-order valence-corrected chi connectivity index (χ0v) is 29.4. The van der Waals surface area contributed by atoms with Crippen LogP contribution in [0, 0.1) is 0 Å². The van der Waals surface area contributed by atoms with Crippen molar-refractivity contribution in [2.75, 3.05) is 16.8 Å². The van der Waals surface area contributed by atoms with Crippen molar-refractivity contribution in [3.05, 3.63) is 132 Å². The van der Waals surface area contributed by atoms with Crippen LogP contribution in [-0.2, 0) is 39.3 Å². The molecule has 10 nitrogen and oxygen atoms in total. The summed E-state index contributed by atoms with van der Waals surface area (Å²) < 4.78 is 15.2. The van der Waals surface area contributed by atoms with Gasteiger partial charge in [-0.2, -0.15) is 0 Å². The van der Waals surface area contributed by atoms with E-state index in [-0.39, 0.29) is 43.5 Å². The number of nitrogens with two attached hydrogens (primary N) is 1. The number of imidazole rings is 1. The minimum absolute atomic E-state index is 0.00691. The van der Waals surface area contributed by atoms with E-state index in [2.05, 4.69) is 33.8 Å². The van der Waals surface area contributed by atoms with E-state index in [1.807, 2.05) is 78.5 Å². The molecule has 0 aliphatic carbocycles. The van der Waals surface area contributed by atoms with Gasteiger partial charge in [-0.05, 0) is 58.5 Å². The van der Waals surface area contributed by atoms with Crippen molar-refractivity contribution >= 4 is 35.0 Å². The molecule has 5 N–H and O–H groups in total. The number of rotatable bonds is 14. The second-order valence-electron chi connectivity index (χ2n) is 12.6. The molecule has 2 heterocycles. The van der Waals surface area contributed by atoms with Gasteiger partial charge in [-0.3, -0.25) is 9.59 Å². The molecule has 264 valence electrons. The Morgan fingerprint density at radius 1 is 0.902 bits per heavy atom. The smallest absolute Gasteiger partial charge is 0.224 e. The van der Waals surface area contributed by atoms with Gasteiger partial charge in [0.2, 0.25) is 11.8 Å². The molecule has 51 heavy (non-hydrogen) atoms. The molecule has 5 aromatic rings. The van der Waals surface area contributed by atoms with Gasteiger partial charge in [0.1, 0.15) is 0 Å². The Hall–Kier alpha value is -4.94. The predicted octanol–water partition coefficient (Wildman–Crippen LogP) is 6.92. The summed E-state index contributed by atoms with van der Waals surface area (Å²) in [4.78, 5) is 29.4. The number of nitrogens with one attached hydrogen (secondary N) is 2. The van der Waals surface area contributed by atoms with E-state index in [0.717, 1.165) is 44.3 Å². The van der Waals surface area contributed by atoms with Crippen LogP contribution in [0.1, 0.15) is 60.3 Å². The summed E-state index contributed by atoms with van der Waals surface area (Å²) in [5.74, 6) is 0.433. The van der Waals surface area contributed by atoms with Crippen LogP contribution in [-0.4, -0.2) is 38.3 Å². The number of amides is 2. The van der Waals surface area contributed by atoms with Gasteiger partial charge in [0.15, 0.2) is 11.4 Å². The molecule has 1 fully saturated rings. The molecule has 0 unspecified atom stereocenters. The van der Waals surface area contributed by atoms with Gasteiger partial charge >= 0.3 is 0 Å². The Balaban J connectivity index is 1.07. The number of ether oxygens (including phenoxy) is 2. The lowest BCUT2D eigenvalue weighted by Gasteiger charge is -2.36. The fourth-order valence-electron chi connectivity index (χ4n) is 5.93. The van der Waals surface area contributed by atoms with Crippen molar-refractivity contribution in [3.63, 3.8) is 0 Å². The molecule has 6 rings (SSSR count). The number of para-hydroxylation sites is 2. The first-order chi connectivity index (χ1) is 24.8. The second-order valence-corrected chi connectivity index (χ2v) is 13.6. The second kappa shape index (κ2) is 17.3. The minimum Gasteiger partial charge on any atom is -0.397 e. The van der Waals surface area contributed by atoms with Crippen LogP contribution >= 0.6 is 11.8 Å². The van der Waals surface area contributed by atoms with E-state index < -0.39 is 6.29 Å². The molecule has 1 aliphatic heterocycles. The van der Waals surface area contributed by atoms with Gasteiger partial charge in [-0.1, -0.05) is 84.6 Å². The third-order valence-corrected chi connectivity index (χ3v) is 9.93. The molecule has 11 heteroatoms. The van der Waals surface area contributed by atoms with Crippen LogP contribution in [0.15, 0.2) is 115 Å². The maximum Gasteiger partial charge on any atom is 0.224 e. The lowest BCUT2D eigenvalue weighted by molar-refractivity contribution is -0.245. The predicted molar refractivity (Wildman–Crippen MR) is 199 cm³/mol. The lowest BCUT2D eigenvalue weighted by Crippen LogP contribution is -2.31. The van der Waals surface area contributed by atoms with Crippen LogP contribution in [0.5, 0.6) is 0 Å². The van der Waals surface area contributed by atoms with Crippen molar-refractivity contribution in [1.29, 1.82) is 0 Å². The van der Waals surface area contributed by atoms with Crippen molar-refractivity contribution in [3.8, 4) is 11.1 Å². The van der Waals surface area contributed by atoms with Crippen molar-refractivity contribution in [2.24, 2.45) is 7.05 Å². The molecule has 1 aliphatic rings. The number of aliphatic hydroxyl groups is 1. The molecular weight excluding hydrogens is 663 g/mol. The maximum absolute atomic E-state index is 12.6. The number of nitrogen functional groups attached to an aromatic ring is 1. The summed E-state index contributed by atoms with van der Waals surface area (Å²) in [6.07, 6.45) is 4.47. The molecule has 1 aromatic heterocycles. The summed E-state index contributed by atoms with van der Waals surface area (Å²) in [5.41, 5.74) is 12.8. The highest BCUT2D eigenvalue weighted by molar-refractivity contribution is 7.99. The van der Waals surface area contributed by atoms with Crippen molar-refractivity contribution in [2.45, 2.75) is 62.5 Å². The number of thioether (sulfide) groups is 1. The molecule has 0 bridgehead atoms. The standard InChI is InChI=1S/C40H43N5O5S/c1-45-20-19-42-40(45)51-26-33-23-36(29-17-15-27(25-46)16-18-29)50-39(49-33)32-10-5-9-31(22-32)30-8-4-7-28(21-30)24-43-37(47)13-6-14-38(48)44-35-12-3-2-11-34(35)41/h2-5,7-12,15-22,33,36,39,46H,6,13-14,23-26,41H2,1H3,(H,43,47)(H,44,48)/t33-,36+,39+/m1/s1. The molecule has 0 spiro atoms. The van der Waals surface area contributed by atoms with Crippen LogP contribution in [0.4, 0.5) is 11.4 Å². The van der Waals surface area contributed by atoms with Crippen LogP contribution in [0.25, 0.3) is 11.1 Å². The van der Waals surface area contributed by atoms with E-state index in [9.17, 15) is 14.7 Å². The van der Waals surface area contributed by atoms with E-state index in [1.54, 1.807) is 36.2 Å². The van der Waals surface area contributed by atoms with Gasteiger partial charge in [0.25, 0.3) is 0 Å². The van der Waals surface area contributed by atoms with Gasteiger partial charge < -0.3 is 35.5 Å². The highest BCUT2D eigenvalue weighted by Gasteiger charge is 2.32. The number of aromatic nitrogens is 2. The van der Waals surface area contributed by atoms with Crippen LogP contribution in [0.2, 0.25) is 0 Å². The summed E-state index contributed by atoms with van der Waals surface area (Å²) in [7, 11) is 1.98. The first kappa shape index (κ1) is 35.9. The number of aliphatic hydroxyl groups excluding tert-OH is 1. The Morgan fingerprint density at radius 2 is 1.67 bits per heavy atom. The molecule has 0 radical (unpaired) electrons. The highest BCUT2D eigenvalue weighted by atomic mass is 32.2. The zero-order valence-electron chi connectivity index (χ0n) is 28.5. The van der Waals surface area contributed by atoms with E-state index in [1.165, 1.54) is 0 Å². The van der Waals surface area contributed by atoms with E-state index in [0.29, 0.717) is 30.8 Å². The molecule has 1 saturated heterocycles. The number of aryl methyl sites for hydroxylation is 1. The number of hydrogen-bond acceptors (Lipinski definition) is 8. The number of carbonyl (C=O) groups excluding carboxylic acids is 2. The fourth-order valence-corrected chi connectivity index (χ4v) is 6.88. The van der Waals surface area contributed by atoms with Gasteiger partial charge in [-0.15, -0.1) is 0 Å². The fraction of sp³-hybridized carbons (Fsp3) is 0.275. The highest BCUT2D eigenvalue weighted by Crippen LogP contribution is 2.40. The lowest BCUT2D eigenvalue weighted by atomic mass is 9.99.